The molecule has 198 valence electrons. The van der Waals surface area contributed by atoms with Crippen molar-refractivity contribution in [2.24, 2.45) is 12.1 Å². The summed E-state index contributed by atoms with van der Waals surface area (Å²) < 4.78 is 49.3. The van der Waals surface area contributed by atoms with E-state index >= 15 is 0 Å². The van der Waals surface area contributed by atoms with Crippen LogP contribution >= 0.6 is 0 Å². The van der Waals surface area contributed by atoms with Crippen LogP contribution in [0.4, 0.5) is 23.7 Å². The first-order chi connectivity index (χ1) is 18.2. The van der Waals surface area contributed by atoms with Gasteiger partial charge in [-0.3, -0.25) is 14.5 Å². The molecule has 0 bridgehead atoms. The van der Waals surface area contributed by atoms with E-state index in [2.05, 4.69) is 20.5 Å². The fourth-order valence-corrected chi connectivity index (χ4v) is 4.35. The predicted octanol–water partition coefficient (Wildman–Crippen LogP) is 3.86. The molecule has 0 spiro atoms. The van der Waals surface area contributed by atoms with Crippen LogP contribution in [0.1, 0.15) is 31.4 Å². The Labute approximate surface area is 215 Å². The number of carbonyl (C=O) groups is 2. The Morgan fingerprint density at radius 2 is 1.84 bits per heavy atom. The van der Waals surface area contributed by atoms with Crippen LogP contribution < -0.4 is 10.1 Å². The van der Waals surface area contributed by atoms with E-state index in [-0.39, 0.29) is 31.2 Å². The van der Waals surface area contributed by atoms with E-state index in [1.807, 2.05) is 0 Å². The average molecular weight is 528 g/mol. The molecule has 1 unspecified atom stereocenters. The molecule has 13 heteroatoms. The SMILES string of the molecule is CCC(=O)Nc1cnn(C)c1-c1cc(OC2CN(C(=O)N3N=CCC3c3cc(F)cc(F)c3)C2)c(F)cn1. The highest BCUT2D eigenvalue weighted by atomic mass is 19.1. The summed E-state index contributed by atoms with van der Waals surface area (Å²) in [5.74, 6) is -2.42. The van der Waals surface area contributed by atoms with Gasteiger partial charge in [-0.25, -0.2) is 23.0 Å². The second-order valence-electron chi connectivity index (χ2n) is 8.96. The highest BCUT2D eigenvalue weighted by Crippen LogP contribution is 2.33. The Balaban J connectivity index is 1.25. The van der Waals surface area contributed by atoms with Gasteiger partial charge in [-0.15, -0.1) is 0 Å². The summed E-state index contributed by atoms with van der Waals surface area (Å²) in [6.45, 7) is 2.04. The quantitative estimate of drug-likeness (QED) is 0.524. The molecule has 3 aromatic rings. The van der Waals surface area contributed by atoms with E-state index in [9.17, 15) is 22.8 Å². The molecule has 1 N–H and O–H groups in total. The molecule has 3 amide bonds. The molecule has 1 saturated heterocycles. The first kappa shape index (κ1) is 25.2. The zero-order valence-corrected chi connectivity index (χ0v) is 20.6. The summed E-state index contributed by atoms with van der Waals surface area (Å²) in [5, 5.41) is 12.2. The van der Waals surface area contributed by atoms with Gasteiger partial charge >= 0.3 is 6.03 Å². The minimum absolute atomic E-state index is 0.0617. The Bertz CT molecular complexity index is 1400. The van der Waals surface area contributed by atoms with E-state index in [0.717, 1.165) is 12.3 Å². The molecule has 2 aliphatic heterocycles. The standard InChI is InChI=1S/C25H24F3N7O3/c1-3-23(36)32-20-11-31-33(2)24(20)19-9-22(18(28)10-29-19)38-17-12-34(13-17)25(37)35-21(4-5-30-35)14-6-15(26)8-16(27)7-14/h5-11,17,21H,3-4,12-13H2,1-2H3,(H,32,36). The van der Waals surface area contributed by atoms with Crippen molar-refractivity contribution in [1.29, 1.82) is 0 Å². The summed E-state index contributed by atoms with van der Waals surface area (Å²) in [7, 11) is 1.67. The lowest BCUT2D eigenvalue weighted by molar-refractivity contribution is -0.115. The van der Waals surface area contributed by atoms with Gasteiger partial charge in [0, 0.05) is 38.2 Å². The first-order valence-corrected chi connectivity index (χ1v) is 11.9. The lowest BCUT2D eigenvalue weighted by atomic mass is 10.0. The lowest BCUT2D eigenvalue weighted by Gasteiger charge is -2.41. The number of aryl methyl sites for hydroxylation is 1. The average Bonchev–Trinajstić information content (AvgIpc) is 3.48. The number of halogens is 3. The molecule has 2 aliphatic rings. The molecule has 2 aromatic heterocycles. The summed E-state index contributed by atoms with van der Waals surface area (Å²) in [6.07, 6.45) is 4.12. The molecular weight excluding hydrogens is 503 g/mol. The number of nitrogens with zero attached hydrogens (tertiary/aromatic N) is 6. The van der Waals surface area contributed by atoms with Crippen LogP contribution in [0.5, 0.6) is 5.75 Å². The molecule has 1 atom stereocenters. The van der Waals surface area contributed by atoms with Gasteiger partial charge in [-0.2, -0.15) is 10.2 Å². The number of ether oxygens (including phenoxy) is 1. The number of likely N-dealkylation sites (tertiary alicyclic amines) is 1. The summed E-state index contributed by atoms with van der Waals surface area (Å²) >= 11 is 0. The molecule has 0 radical (unpaired) electrons. The summed E-state index contributed by atoms with van der Waals surface area (Å²) in [5.41, 5.74) is 1.56. The minimum Gasteiger partial charge on any atom is -0.483 e. The maximum absolute atomic E-state index is 14.6. The maximum Gasteiger partial charge on any atom is 0.341 e. The lowest BCUT2D eigenvalue weighted by Crippen LogP contribution is -2.58. The summed E-state index contributed by atoms with van der Waals surface area (Å²) in [4.78, 5) is 30.5. The Morgan fingerprint density at radius 3 is 2.55 bits per heavy atom. The normalized spacial score (nSPS) is 17.0. The number of nitrogens with one attached hydrogen (secondary N) is 1. The largest absolute Gasteiger partial charge is 0.483 e. The second-order valence-corrected chi connectivity index (χ2v) is 8.96. The van der Waals surface area contributed by atoms with Gasteiger partial charge in [-0.05, 0) is 17.7 Å². The minimum atomic E-state index is -0.735. The zero-order valence-electron chi connectivity index (χ0n) is 20.6. The Hall–Kier alpha value is -4.42. The number of aromatic nitrogens is 3. The van der Waals surface area contributed by atoms with Crippen molar-refractivity contribution in [2.45, 2.75) is 31.9 Å². The number of hydrogen-bond acceptors (Lipinski definition) is 6. The van der Waals surface area contributed by atoms with E-state index in [1.165, 1.54) is 45.2 Å². The zero-order chi connectivity index (χ0) is 27.0. The molecule has 10 nitrogen and oxygen atoms in total. The second kappa shape index (κ2) is 10.1. The highest BCUT2D eigenvalue weighted by Gasteiger charge is 2.39. The third kappa shape index (κ3) is 4.91. The number of amides is 3. The van der Waals surface area contributed by atoms with Gasteiger partial charge in [0.05, 0.1) is 42.9 Å². The van der Waals surface area contributed by atoms with Crippen LogP contribution in [0.2, 0.25) is 0 Å². The van der Waals surface area contributed by atoms with Crippen LogP contribution in [-0.4, -0.2) is 62.0 Å². The van der Waals surface area contributed by atoms with Crippen molar-refractivity contribution in [1.82, 2.24) is 24.7 Å². The summed E-state index contributed by atoms with van der Waals surface area (Å²) in [6, 6.07) is 3.45. The van der Waals surface area contributed by atoms with Gasteiger partial charge in [0.25, 0.3) is 0 Å². The van der Waals surface area contributed by atoms with E-state index in [4.69, 9.17) is 4.74 Å². The Morgan fingerprint density at radius 1 is 1.11 bits per heavy atom. The first-order valence-electron chi connectivity index (χ1n) is 11.9. The topological polar surface area (TPSA) is 105 Å². The molecule has 5 rings (SSSR count). The fraction of sp³-hybridized carbons (Fsp3) is 0.320. The van der Waals surface area contributed by atoms with Crippen molar-refractivity contribution in [3.05, 3.63) is 59.7 Å². The molecule has 38 heavy (non-hydrogen) atoms. The van der Waals surface area contributed by atoms with Crippen molar-refractivity contribution in [3.63, 3.8) is 0 Å². The number of urea groups is 1. The number of hydrazone groups is 1. The van der Waals surface area contributed by atoms with E-state index < -0.39 is 35.6 Å². The third-order valence-corrected chi connectivity index (χ3v) is 6.30. The Kier molecular flexibility index (Phi) is 6.74. The van der Waals surface area contributed by atoms with Gasteiger partial charge in [-0.1, -0.05) is 6.92 Å². The van der Waals surface area contributed by atoms with Crippen molar-refractivity contribution < 1.29 is 27.5 Å². The van der Waals surface area contributed by atoms with Crippen molar-refractivity contribution in [3.8, 4) is 17.1 Å². The predicted molar refractivity (Wildman–Crippen MR) is 131 cm³/mol. The number of carbonyl (C=O) groups excluding carboxylic acids is 2. The van der Waals surface area contributed by atoms with E-state index in [0.29, 0.717) is 29.1 Å². The number of rotatable bonds is 6. The molecule has 0 saturated carbocycles. The fourth-order valence-electron chi connectivity index (χ4n) is 4.35. The number of anilines is 1. The molecule has 1 aromatic carbocycles. The highest BCUT2D eigenvalue weighted by molar-refractivity contribution is 5.94. The third-order valence-electron chi connectivity index (χ3n) is 6.30. The number of benzene rings is 1. The van der Waals surface area contributed by atoms with Crippen LogP contribution in [-0.2, 0) is 11.8 Å². The van der Waals surface area contributed by atoms with Crippen LogP contribution in [0.3, 0.4) is 0 Å². The van der Waals surface area contributed by atoms with Crippen LogP contribution in [0.25, 0.3) is 11.4 Å². The smallest absolute Gasteiger partial charge is 0.341 e. The van der Waals surface area contributed by atoms with Crippen molar-refractivity contribution in [2.75, 3.05) is 18.4 Å². The van der Waals surface area contributed by atoms with Gasteiger partial charge in [0.2, 0.25) is 5.91 Å². The van der Waals surface area contributed by atoms with Crippen LogP contribution in [0, 0.1) is 17.5 Å². The van der Waals surface area contributed by atoms with Gasteiger partial charge < -0.3 is 15.0 Å². The maximum atomic E-state index is 14.6. The number of pyridine rings is 1. The van der Waals surface area contributed by atoms with Crippen LogP contribution in [0.15, 0.2) is 41.8 Å². The van der Waals surface area contributed by atoms with Gasteiger partial charge in [0.1, 0.15) is 23.4 Å². The molecule has 0 aliphatic carbocycles. The molecular formula is C25H24F3N7O3. The number of hydrogen-bond donors (Lipinski definition) is 1. The van der Waals surface area contributed by atoms with Gasteiger partial charge in [0.15, 0.2) is 11.6 Å². The van der Waals surface area contributed by atoms with Crippen molar-refractivity contribution >= 4 is 23.8 Å². The monoisotopic (exact) mass is 527 g/mol. The molecule has 4 heterocycles. The molecule has 1 fully saturated rings. The van der Waals surface area contributed by atoms with E-state index in [1.54, 1.807) is 14.0 Å².